The number of rotatable bonds is 1. The molecule has 0 aromatic heterocycles. The highest BCUT2D eigenvalue weighted by Crippen LogP contribution is 2.30. The Bertz CT molecular complexity index is 480. The number of benzene rings is 1. The van der Waals surface area contributed by atoms with Crippen molar-refractivity contribution in [2.75, 3.05) is 13.1 Å². The monoisotopic (exact) mass is 261 g/mol. The fourth-order valence-electron chi connectivity index (χ4n) is 2.55. The predicted molar refractivity (Wildman–Crippen MR) is 76.4 cm³/mol. The van der Waals surface area contributed by atoms with Gasteiger partial charge >= 0.3 is 0 Å². The van der Waals surface area contributed by atoms with E-state index in [9.17, 15) is 9.90 Å². The third-order valence-electron chi connectivity index (χ3n) is 4.08. The van der Waals surface area contributed by atoms with E-state index in [0.29, 0.717) is 11.0 Å². The lowest BCUT2D eigenvalue weighted by molar-refractivity contribution is 0.0757. The molecule has 1 aromatic rings. The number of likely N-dealkylation sites (tertiary alicyclic amines) is 1. The van der Waals surface area contributed by atoms with Crippen LogP contribution in [0.4, 0.5) is 0 Å². The minimum Gasteiger partial charge on any atom is -0.508 e. The fraction of sp³-hybridized carbons (Fsp3) is 0.562. The third-order valence-corrected chi connectivity index (χ3v) is 4.08. The van der Waals surface area contributed by atoms with E-state index < -0.39 is 0 Å². The van der Waals surface area contributed by atoms with Crippen molar-refractivity contribution in [1.29, 1.82) is 0 Å². The Morgan fingerprint density at radius 2 is 2.00 bits per heavy atom. The van der Waals surface area contributed by atoms with Gasteiger partial charge in [-0.2, -0.15) is 0 Å². The summed E-state index contributed by atoms with van der Waals surface area (Å²) in [6, 6.07) is 5.17. The molecule has 1 heterocycles. The lowest BCUT2D eigenvalue weighted by atomic mass is 9.85. The van der Waals surface area contributed by atoms with Crippen molar-refractivity contribution in [2.24, 2.45) is 5.41 Å². The van der Waals surface area contributed by atoms with Crippen LogP contribution >= 0.6 is 0 Å². The van der Waals surface area contributed by atoms with Crippen molar-refractivity contribution >= 4 is 5.91 Å². The van der Waals surface area contributed by atoms with Crippen molar-refractivity contribution < 1.29 is 9.90 Å². The zero-order chi connectivity index (χ0) is 14.0. The number of nitrogens with zero attached hydrogens (tertiary/aromatic N) is 1. The van der Waals surface area contributed by atoms with E-state index in [4.69, 9.17) is 0 Å². The largest absolute Gasteiger partial charge is 0.508 e. The Labute approximate surface area is 115 Å². The first-order valence-corrected chi connectivity index (χ1v) is 6.98. The maximum atomic E-state index is 12.4. The topological polar surface area (TPSA) is 40.5 Å². The smallest absolute Gasteiger partial charge is 0.253 e. The summed E-state index contributed by atoms with van der Waals surface area (Å²) in [5, 5.41) is 9.72. The van der Waals surface area contributed by atoms with E-state index in [1.165, 1.54) is 0 Å². The van der Waals surface area contributed by atoms with Crippen LogP contribution in [0, 0.1) is 12.3 Å². The van der Waals surface area contributed by atoms with Gasteiger partial charge in [-0.05, 0) is 49.3 Å². The van der Waals surface area contributed by atoms with Crippen molar-refractivity contribution in [1.82, 2.24) is 4.90 Å². The van der Waals surface area contributed by atoms with E-state index in [1.807, 2.05) is 11.8 Å². The van der Waals surface area contributed by atoms with Crippen LogP contribution in [-0.4, -0.2) is 29.0 Å². The number of carbonyl (C=O) groups is 1. The molecule has 1 aliphatic rings. The van der Waals surface area contributed by atoms with Gasteiger partial charge in [0.2, 0.25) is 0 Å². The Kier molecular flexibility index (Phi) is 3.83. The molecule has 1 fully saturated rings. The molecule has 1 aromatic carbocycles. The molecule has 1 N–H and O–H groups in total. The van der Waals surface area contributed by atoms with Gasteiger partial charge in [-0.25, -0.2) is 0 Å². The molecule has 0 unspecified atom stereocenters. The van der Waals surface area contributed by atoms with E-state index >= 15 is 0 Å². The van der Waals surface area contributed by atoms with Gasteiger partial charge in [0, 0.05) is 18.7 Å². The number of amides is 1. The van der Waals surface area contributed by atoms with Crippen LogP contribution in [0.2, 0.25) is 0 Å². The number of phenols is 1. The van der Waals surface area contributed by atoms with E-state index in [1.54, 1.807) is 18.2 Å². The maximum Gasteiger partial charge on any atom is 0.253 e. The molecule has 0 radical (unpaired) electrons. The molecule has 19 heavy (non-hydrogen) atoms. The summed E-state index contributed by atoms with van der Waals surface area (Å²) >= 11 is 0. The Hall–Kier alpha value is -1.51. The summed E-state index contributed by atoms with van der Waals surface area (Å²) < 4.78 is 0. The highest BCUT2D eigenvalue weighted by Gasteiger charge is 2.26. The number of aryl methyl sites for hydroxylation is 1. The fourth-order valence-corrected chi connectivity index (χ4v) is 2.55. The van der Waals surface area contributed by atoms with Gasteiger partial charge in [-0.15, -0.1) is 0 Å². The van der Waals surface area contributed by atoms with E-state index in [0.717, 1.165) is 37.9 Å². The van der Waals surface area contributed by atoms with Gasteiger partial charge in [0.05, 0.1) is 0 Å². The van der Waals surface area contributed by atoms with E-state index in [-0.39, 0.29) is 11.7 Å². The lowest BCUT2D eigenvalue weighted by Gasteiger charge is -2.23. The molecule has 3 heteroatoms. The standard InChI is InChI=1S/C16H23NO2/c1-12-5-6-13(11-14(12)18)15(19)17-9-4-7-16(2,3)8-10-17/h5-6,11,18H,4,7-10H2,1-3H3. The average molecular weight is 261 g/mol. The summed E-state index contributed by atoms with van der Waals surface area (Å²) in [6.45, 7) is 7.98. The van der Waals surface area contributed by atoms with Crippen LogP contribution in [0.3, 0.4) is 0 Å². The summed E-state index contributed by atoms with van der Waals surface area (Å²) in [5.41, 5.74) is 1.71. The van der Waals surface area contributed by atoms with Gasteiger partial charge in [-0.1, -0.05) is 19.9 Å². The van der Waals surface area contributed by atoms with Crippen molar-refractivity contribution in [3.05, 3.63) is 29.3 Å². The van der Waals surface area contributed by atoms with Crippen molar-refractivity contribution in [3.63, 3.8) is 0 Å². The Balaban J connectivity index is 2.13. The van der Waals surface area contributed by atoms with Crippen molar-refractivity contribution in [2.45, 2.75) is 40.0 Å². The van der Waals surface area contributed by atoms with Crippen LogP contribution in [0.15, 0.2) is 18.2 Å². The first-order valence-electron chi connectivity index (χ1n) is 6.98. The minimum absolute atomic E-state index is 0.0352. The Morgan fingerprint density at radius 3 is 2.68 bits per heavy atom. The number of carbonyl (C=O) groups excluding carboxylic acids is 1. The molecule has 1 saturated heterocycles. The molecule has 3 nitrogen and oxygen atoms in total. The second-order valence-corrected chi connectivity index (χ2v) is 6.31. The van der Waals surface area contributed by atoms with Crippen LogP contribution in [0.25, 0.3) is 0 Å². The predicted octanol–water partition coefficient (Wildman–Crippen LogP) is 3.35. The Morgan fingerprint density at radius 1 is 1.26 bits per heavy atom. The molecule has 0 saturated carbocycles. The number of phenolic OH excluding ortho intramolecular Hbond substituents is 1. The zero-order valence-electron chi connectivity index (χ0n) is 12.1. The number of hydrogen-bond acceptors (Lipinski definition) is 2. The first kappa shape index (κ1) is 13.9. The van der Waals surface area contributed by atoms with Crippen LogP contribution < -0.4 is 0 Å². The lowest BCUT2D eigenvalue weighted by Crippen LogP contribution is -2.32. The molecular weight excluding hydrogens is 238 g/mol. The number of hydrogen-bond donors (Lipinski definition) is 1. The van der Waals surface area contributed by atoms with E-state index in [2.05, 4.69) is 13.8 Å². The summed E-state index contributed by atoms with van der Waals surface area (Å²) in [6.07, 6.45) is 3.25. The molecule has 1 amide bonds. The highest BCUT2D eigenvalue weighted by molar-refractivity contribution is 5.94. The molecule has 0 spiro atoms. The second-order valence-electron chi connectivity index (χ2n) is 6.31. The molecule has 2 rings (SSSR count). The van der Waals surface area contributed by atoms with Crippen LogP contribution in [0.5, 0.6) is 5.75 Å². The molecule has 0 bridgehead atoms. The average Bonchev–Trinajstić information content (AvgIpc) is 2.53. The zero-order valence-corrected chi connectivity index (χ0v) is 12.1. The normalized spacial score (nSPS) is 19.0. The minimum atomic E-state index is 0.0352. The van der Waals surface area contributed by atoms with Crippen molar-refractivity contribution in [3.8, 4) is 5.75 Å². The molecular formula is C16H23NO2. The summed E-state index contributed by atoms with van der Waals surface area (Å²) in [4.78, 5) is 14.4. The molecule has 0 atom stereocenters. The van der Waals surface area contributed by atoms with Gasteiger partial charge in [0.25, 0.3) is 5.91 Å². The first-order chi connectivity index (χ1) is 8.89. The number of aromatic hydroxyl groups is 1. The summed E-state index contributed by atoms with van der Waals surface area (Å²) in [5.74, 6) is 0.231. The highest BCUT2D eigenvalue weighted by atomic mass is 16.3. The summed E-state index contributed by atoms with van der Waals surface area (Å²) in [7, 11) is 0. The SMILES string of the molecule is Cc1ccc(C(=O)N2CCCC(C)(C)CC2)cc1O. The molecule has 1 aliphatic heterocycles. The second kappa shape index (κ2) is 5.24. The van der Waals surface area contributed by atoms with Gasteiger partial charge in [-0.3, -0.25) is 4.79 Å². The molecule has 0 aliphatic carbocycles. The molecule has 104 valence electrons. The maximum absolute atomic E-state index is 12.4. The third kappa shape index (κ3) is 3.28. The quantitative estimate of drug-likeness (QED) is 0.842. The van der Waals surface area contributed by atoms with Crippen LogP contribution in [-0.2, 0) is 0 Å². The van der Waals surface area contributed by atoms with Gasteiger partial charge < -0.3 is 10.0 Å². The van der Waals surface area contributed by atoms with Crippen LogP contribution in [0.1, 0.15) is 49.0 Å². The van der Waals surface area contributed by atoms with Gasteiger partial charge in [0.15, 0.2) is 0 Å². The van der Waals surface area contributed by atoms with Gasteiger partial charge in [0.1, 0.15) is 5.75 Å².